The van der Waals surface area contributed by atoms with Crippen molar-refractivity contribution in [3.8, 4) is 0 Å². The summed E-state index contributed by atoms with van der Waals surface area (Å²) in [6.07, 6.45) is -2.25. The number of rotatable bonds is 2. The van der Waals surface area contributed by atoms with Crippen molar-refractivity contribution in [2.24, 2.45) is 0 Å². The predicted molar refractivity (Wildman–Crippen MR) is 21.2 cm³/mol. The minimum atomic E-state index is -2.25. The summed E-state index contributed by atoms with van der Waals surface area (Å²) in [5.41, 5.74) is -1.06. The third-order valence-electron chi connectivity index (χ3n) is 0.590. The lowest BCUT2D eigenvalue weighted by molar-refractivity contribution is 0.374. The Morgan fingerprint density at radius 2 is 1.38 bits per heavy atom. The zero-order valence-electron chi connectivity index (χ0n) is 3.93. The third-order valence-corrected chi connectivity index (χ3v) is 0.590. The van der Waals surface area contributed by atoms with Crippen LogP contribution in [0.25, 0.3) is 0 Å². The summed E-state index contributed by atoms with van der Waals surface area (Å²) < 4.78 is 44.5. The average molecular weight is 128 g/mol. The van der Waals surface area contributed by atoms with E-state index in [0.29, 0.717) is 0 Å². The van der Waals surface area contributed by atoms with Crippen LogP contribution in [0.2, 0.25) is 0 Å². The molecule has 0 saturated carbocycles. The van der Waals surface area contributed by atoms with Gasteiger partial charge in [-0.1, -0.05) is 0 Å². The van der Waals surface area contributed by atoms with Crippen LogP contribution in [-0.2, 0) is 0 Å². The lowest BCUT2D eigenvalue weighted by Gasteiger charge is -1.88. The van der Waals surface area contributed by atoms with Gasteiger partial charge in [-0.05, 0) is 0 Å². The van der Waals surface area contributed by atoms with Gasteiger partial charge in [-0.25, -0.2) is 8.78 Å². The summed E-state index contributed by atoms with van der Waals surface area (Å²) in [6.45, 7) is -2.81. The molecule has 0 fully saturated rings. The number of alkyl halides is 2. The fraction of sp³-hybridized carbons (Fsp3) is 0.500. The quantitative estimate of drug-likeness (QED) is 0.499. The smallest absolute Gasteiger partial charge is 0.246 e. The van der Waals surface area contributed by atoms with Gasteiger partial charge in [0.15, 0.2) is 0 Å². The van der Waals surface area contributed by atoms with Crippen LogP contribution in [0, 0.1) is 0 Å². The molecular formula is C4H4F4. The summed E-state index contributed by atoms with van der Waals surface area (Å²) >= 11 is 0. The van der Waals surface area contributed by atoms with Crippen molar-refractivity contribution in [1.82, 2.24) is 0 Å². The number of hydrogen-bond acceptors (Lipinski definition) is 0. The van der Waals surface area contributed by atoms with Crippen LogP contribution in [0.1, 0.15) is 0 Å². The largest absolute Gasteiger partial charge is 0.274 e. The lowest BCUT2D eigenvalue weighted by Crippen LogP contribution is -1.88. The molecule has 0 saturated heterocycles. The maximum atomic E-state index is 11.1. The van der Waals surface area contributed by atoms with Gasteiger partial charge in [-0.2, -0.15) is 8.78 Å². The molecule has 0 aromatic rings. The Bertz CT molecular complexity index is 86.2. The first kappa shape index (κ1) is 7.46. The monoisotopic (exact) mass is 128 g/mol. The molecule has 0 rings (SSSR count). The van der Waals surface area contributed by atoms with Crippen LogP contribution in [0.15, 0.2) is 11.7 Å². The van der Waals surface area contributed by atoms with Crippen molar-refractivity contribution in [2.45, 2.75) is 0 Å². The Hall–Kier alpha value is -0.540. The molecule has 0 spiro atoms. The molecule has 0 unspecified atom stereocenters. The Labute approximate surface area is 43.8 Å². The first-order valence-corrected chi connectivity index (χ1v) is 1.87. The van der Waals surface area contributed by atoms with Gasteiger partial charge in [-0.15, -0.1) is 0 Å². The summed E-state index contributed by atoms with van der Waals surface area (Å²) in [5, 5.41) is 0. The Balaban J connectivity index is 3.86. The number of hydrogen-bond donors (Lipinski definition) is 0. The van der Waals surface area contributed by atoms with Gasteiger partial charge >= 0.3 is 0 Å². The zero-order chi connectivity index (χ0) is 6.57. The van der Waals surface area contributed by atoms with E-state index in [1.165, 1.54) is 0 Å². The highest BCUT2D eigenvalue weighted by Crippen LogP contribution is 2.07. The van der Waals surface area contributed by atoms with E-state index < -0.39 is 25.0 Å². The van der Waals surface area contributed by atoms with Crippen LogP contribution in [0.4, 0.5) is 17.6 Å². The van der Waals surface area contributed by atoms with E-state index >= 15 is 0 Å². The minimum Gasteiger partial charge on any atom is -0.246 e. The SMILES string of the molecule is FCC(CF)=C(F)F. The third kappa shape index (κ3) is 1.95. The van der Waals surface area contributed by atoms with Crippen molar-refractivity contribution in [1.29, 1.82) is 0 Å². The molecule has 0 amide bonds. The van der Waals surface area contributed by atoms with Crippen molar-refractivity contribution in [3.63, 3.8) is 0 Å². The first-order valence-electron chi connectivity index (χ1n) is 1.87. The summed E-state index contributed by atoms with van der Waals surface area (Å²) in [6, 6.07) is 0. The fourth-order valence-corrected chi connectivity index (χ4v) is 0.137. The molecule has 0 N–H and O–H groups in total. The van der Waals surface area contributed by atoms with Gasteiger partial charge in [0.05, 0.1) is 5.57 Å². The van der Waals surface area contributed by atoms with E-state index in [-0.39, 0.29) is 0 Å². The standard InChI is InChI=1S/C4H4F4/c5-1-3(2-6)4(7)8/h1-2H2. The van der Waals surface area contributed by atoms with Gasteiger partial charge in [0, 0.05) is 0 Å². The number of halogens is 4. The normalized spacial score (nSPS) is 9.00. The van der Waals surface area contributed by atoms with Gasteiger partial charge in [-0.3, -0.25) is 0 Å². The molecule has 0 aliphatic rings. The molecule has 4 heteroatoms. The van der Waals surface area contributed by atoms with Crippen molar-refractivity contribution in [3.05, 3.63) is 11.7 Å². The molecule has 0 aromatic carbocycles. The van der Waals surface area contributed by atoms with Crippen molar-refractivity contribution < 1.29 is 17.6 Å². The Morgan fingerprint density at radius 1 is 1.00 bits per heavy atom. The summed E-state index contributed by atoms with van der Waals surface area (Å²) in [4.78, 5) is 0. The maximum Gasteiger partial charge on any atom is 0.274 e. The average Bonchev–Trinajstić information content (AvgIpc) is 1.69. The highest BCUT2D eigenvalue weighted by Gasteiger charge is 2.03. The number of allylic oxidation sites excluding steroid dienone is 1. The van der Waals surface area contributed by atoms with Crippen LogP contribution in [0.3, 0.4) is 0 Å². The molecule has 8 heavy (non-hydrogen) atoms. The van der Waals surface area contributed by atoms with Crippen molar-refractivity contribution >= 4 is 0 Å². The van der Waals surface area contributed by atoms with E-state index in [1.807, 2.05) is 0 Å². The molecule has 0 bridgehead atoms. The molecule has 0 aliphatic heterocycles. The second kappa shape index (κ2) is 3.46. The Morgan fingerprint density at radius 3 is 1.38 bits per heavy atom. The van der Waals surface area contributed by atoms with E-state index in [9.17, 15) is 17.6 Å². The van der Waals surface area contributed by atoms with E-state index in [2.05, 4.69) is 0 Å². The molecule has 0 atom stereocenters. The maximum absolute atomic E-state index is 11.1. The molecule has 0 heterocycles. The van der Waals surface area contributed by atoms with E-state index in [0.717, 1.165) is 0 Å². The second-order valence-corrected chi connectivity index (χ2v) is 1.13. The molecule has 0 aromatic heterocycles. The molecular weight excluding hydrogens is 124 g/mol. The minimum absolute atomic E-state index is 1.06. The van der Waals surface area contributed by atoms with E-state index in [1.54, 1.807) is 0 Å². The predicted octanol–water partition coefficient (Wildman–Crippen LogP) is 2.08. The second-order valence-electron chi connectivity index (χ2n) is 1.13. The molecule has 0 radical (unpaired) electrons. The van der Waals surface area contributed by atoms with E-state index in [4.69, 9.17) is 0 Å². The van der Waals surface area contributed by atoms with Gasteiger partial charge < -0.3 is 0 Å². The van der Waals surface area contributed by atoms with Gasteiger partial charge in [0.25, 0.3) is 6.08 Å². The Kier molecular flexibility index (Phi) is 3.23. The lowest BCUT2D eigenvalue weighted by atomic mass is 10.4. The summed E-state index contributed by atoms with van der Waals surface area (Å²) in [5.74, 6) is 0. The molecule has 48 valence electrons. The van der Waals surface area contributed by atoms with Crippen LogP contribution in [0.5, 0.6) is 0 Å². The molecule has 0 nitrogen and oxygen atoms in total. The zero-order valence-corrected chi connectivity index (χ0v) is 3.93. The van der Waals surface area contributed by atoms with Crippen LogP contribution < -0.4 is 0 Å². The highest BCUT2D eigenvalue weighted by molar-refractivity contribution is 5.02. The molecule has 0 aliphatic carbocycles. The fourth-order valence-electron chi connectivity index (χ4n) is 0.137. The van der Waals surface area contributed by atoms with Gasteiger partial charge in [0.1, 0.15) is 13.3 Å². The first-order chi connectivity index (χ1) is 3.72. The van der Waals surface area contributed by atoms with Gasteiger partial charge in [0.2, 0.25) is 0 Å². The highest BCUT2D eigenvalue weighted by atomic mass is 19.3. The van der Waals surface area contributed by atoms with Crippen LogP contribution >= 0.6 is 0 Å². The van der Waals surface area contributed by atoms with Crippen LogP contribution in [-0.4, -0.2) is 13.3 Å². The van der Waals surface area contributed by atoms with Crippen molar-refractivity contribution in [2.75, 3.05) is 13.3 Å². The topological polar surface area (TPSA) is 0 Å². The summed E-state index contributed by atoms with van der Waals surface area (Å²) in [7, 11) is 0.